The lowest BCUT2D eigenvalue weighted by Crippen LogP contribution is -2.36. The van der Waals surface area contributed by atoms with Crippen molar-refractivity contribution in [1.82, 2.24) is 62.7 Å². The number of likely N-dealkylation sites (N-methyl/N-ethyl adjacent to an activating group) is 1. The second-order valence-corrected chi connectivity index (χ2v) is 46.9. The van der Waals surface area contributed by atoms with E-state index in [2.05, 4.69) is 106 Å². The average molecular weight is 2290 g/mol. The van der Waals surface area contributed by atoms with E-state index in [1.165, 1.54) is 43.9 Å². The number of aromatic nitrogens is 8. The number of nitrogens with zero attached hydrogens (tertiary/aromatic N) is 13. The number of benzene rings is 8. The molecular formula is C118H145Br3ClF4N13O10S. The summed E-state index contributed by atoms with van der Waals surface area (Å²) in [6, 6.07) is 31.4. The molecule has 23 nitrogen and oxygen atoms in total. The predicted octanol–water partition coefficient (Wildman–Crippen LogP) is 23.1. The van der Waals surface area contributed by atoms with Crippen LogP contribution in [0, 0.1) is 74.6 Å². The van der Waals surface area contributed by atoms with Gasteiger partial charge >= 0.3 is 0 Å². The van der Waals surface area contributed by atoms with Gasteiger partial charge in [-0.25, -0.2) is 37.5 Å². The Morgan fingerprint density at radius 3 is 0.913 bits per heavy atom. The Labute approximate surface area is 914 Å². The van der Waals surface area contributed by atoms with Crippen LogP contribution in [0.25, 0.3) is 44.1 Å². The van der Waals surface area contributed by atoms with Crippen molar-refractivity contribution in [3.8, 4) is 0 Å². The first-order chi connectivity index (χ1) is 72.8. The second-order valence-electron chi connectivity index (χ2n) is 42.5. The van der Waals surface area contributed by atoms with Gasteiger partial charge in [-0.1, -0.05) is 83.7 Å². The summed E-state index contributed by atoms with van der Waals surface area (Å²) in [6.07, 6.45) is 26.8. The molecular weight excluding hydrogens is 2140 g/mol. The number of ketones is 4. The molecule has 150 heavy (non-hydrogen) atoms. The monoisotopic (exact) mass is 2280 g/mol. The van der Waals surface area contributed by atoms with Gasteiger partial charge in [0.2, 0.25) is 0 Å². The fraction of sp³-hybridized carbons (Fsp3) is 0.525. The average Bonchev–Trinajstić information content (AvgIpc) is 1.42. The van der Waals surface area contributed by atoms with Crippen molar-refractivity contribution in [1.29, 1.82) is 0 Å². The molecule has 4 saturated heterocycles. The van der Waals surface area contributed by atoms with E-state index in [0.29, 0.717) is 175 Å². The lowest BCUT2D eigenvalue weighted by molar-refractivity contribution is 0.0370. The molecule has 12 aromatic rings. The maximum Gasteiger partial charge on any atom is 0.188 e. The minimum Gasteiger partial charge on any atom is -0.379 e. The zero-order chi connectivity index (χ0) is 105. The number of thioether (sulfide) groups is 1. The molecule has 1 atom stereocenters. The predicted molar refractivity (Wildman–Crippen MR) is 598 cm³/mol. The number of hydrogen-bond acceptors (Lipinski definition) is 20. The van der Waals surface area contributed by atoms with Crippen LogP contribution >= 0.6 is 71.2 Å². The number of morpholine rings is 2. The number of carbonyl (C=O) groups is 4. The zero-order valence-electron chi connectivity index (χ0n) is 87.8. The Bertz CT molecular complexity index is 6180. The summed E-state index contributed by atoms with van der Waals surface area (Å²) < 4.78 is 109. The van der Waals surface area contributed by atoms with Crippen molar-refractivity contribution in [2.45, 2.75) is 195 Å². The lowest BCUT2D eigenvalue weighted by atomic mass is 9.94. The number of likely N-dealkylation sites (tertiary alicyclic amines) is 1. The highest BCUT2D eigenvalue weighted by Crippen LogP contribution is 2.39. The van der Waals surface area contributed by atoms with Gasteiger partial charge in [0.25, 0.3) is 0 Å². The van der Waals surface area contributed by atoms with Crippen LogP contribution in [0.3, 0.4) is 0 Å². The maximum atomic E-state index is 16.1. The Kier molecular flexibility index (Phi) is 41.2. The van der Waals surface area contributed by atoms with E-state index >= 15 is 17.6 Å². The SMILES string of the molecule is Cc1cc(Br)ccc1Cc1c(C(=O)COCC2CC2)cc2c(ncn2CCCCN2CCC(N(C)C)C2)c1F.Cc1cc(Br)ccc1Cc1c(C(=O)COCC2CC2)cc2c(ncn2CCCCN2CCOCC2)c1F.Cc1cc(Br)ccc1Cc1c(C(=O)COCC2CC2)cc2c(ncn2CCCCN2CCSCC2)c1F.Cc1cc(Cl)ccc1Cc1c(C(=O)COCC2CC2)cc2c(ncn2CCCCN2CCOCC2)c1F. The first-order valence-electron chi connectivity index (χ1n) is 54.2. The van der Waals surface area contributed by atoms with Crippen LogP contribution in [-0.4, -0.2) is 275 Å². The Hall–Kier alpha value is -8.32. The molecule has 20 rings (SSSR count). The molecule has 804 valence electrons. The third-order valence-corrected chi connectivity index (χ3v) is 33.3. The summed E-state index contributed by atoms with van der Waals surface area (Å²) in [5, 5.41) is 0.634. The quantitative estimate of drug-likeness (QED) is 0.0197. The van der Waals surface area contributed by atoms with Crippen LogP contribution in [0.5, 0.6) is 0 Å². The number of carbonyl (C=O) groups excluding carboxylic acids is 4. The first kappa shape index (κ1) is 113. The van der Waals surface area contributed by atoms with Crippen LogP contribution in [0.4, 0.5) is 17.6 Å². The molecule has 4 saturated carbocycles. The molecule has 0 amide bonds. The molecule has 8 fully saturated rings. The summed E-state index contributed by atoms with van der Waals surface area (Å²) in [6.45, 7) is 29.1. The molecule has 32 heteroatoms. The molecule has 8 heterocycles. The van der Waals surface area contributed by atoms with Gasteiger partial charge in [-0.3, -0.25) is 29.0 Å². The second kappa shape index (κ2) is 54.9. The molecule has 0 N–H and O–H groups in total. The zero-order valence-corrected chi connectivity index (χ0v) is 94.2. The van der Waals surface area contributed by atoms with Crippen LogP contribution in [-0.2, 0) is 80.3 Å². The fourth-order valence-electron chi connectivity index (χ4n) is 20.5. The van der Waals surface area contributed by atoms with E-state index in [0.717, 1.165) is 266 Å². The number of rotatable bonds is 49. The number of fused-ring (bicyclic) bond motifs is 4. The normalized spacial score (nSPS) is 16.9. The summed E-state index contributed by atoms with van der Waals surface area (Å²) >= 11 is 18.7. The van der Waals surface area contributed by atoms with Crippen LogP contribution in [0.2, 0.25) is 5.02 Å². The van der Waals surface area contributed by atoms with Crippen LogP contribution in [0.15, 0.2) is 136 Å². The largest absolute Gasteiger partial charge is 0.379 e. The van der Waals surface area contributed by atoms with Gasteiger partial charge in [-0.15, -0.1) is 0 Å². The van der Waals surface area contributed by atoms with E-state index in [4.69, 9.17) is 40.0 Å². The summed E-state index contributed by atoms with van der Waals surface area (Å²) in [5.41, 5.74) is 15.2. The topological polar surface area (TPSA) is 211 Å². The minimum absolute atomic E-state index is 0.0178. The molecule has 4 aliphatic heterocycles. The molecule has 0 bridgehead atoms. The number of unbranched alkanes of at least 4 members (excludes halogenated alkanes) is 4. The van der Waals surface area contributed by atoms with E-state index in [1.54, 1.807) is 31.4 Å². The van der Waals surface area contributed by atoms with E-state index < -0.39 is 23.3 Å². The molecule has 4 aromatic heterocycles. The van der Waals surface area contributed by atoms with E-state index in [-0.39, 0.29) is 49.6 Å². The molecule has 1 unspecified atom stereocenters. The van der Waals surface area contributed by atoms with Crippen LogP contribution in [0.1, 0.15) is 217 Å². The Morgan fingerprint density at radius 2 is 0.640 bits per heavy atom. The van der Waals surface area contributed by atoms with Crippen molar-refractivity contribution in [2.75, 3.05) is 183 Å². The van der Waals surface area contributed by atoms with Gasteiger partial charge in [-0.2, -0.15) is 11.8 Å². The van der Waals surface area contributed by atoms with Crippen molar-refractivity contribution in [3.63, 3.8) is 0 Å². The van der Waals surface area contributed by atoms with Gasteiger partial charge in [0.05, 0.1) is 100 Å². The van der Waals surface area contributed by atoms with Crippen LogP contribution < -0.4 is 0 Å². The molecule has 4 aliphatic carbocycles. The number of aryl methyl sites for hydroxylation is 8. The third kappa shape index (κ3) is 31.4. The number of imidazole rings is 4. The van der Waals surface area contributed by atoms with Gasteiger partial charge in [-0.05, 0) is 325 Å². The van der Waals surface area contributed by atoms with Gasteiger partial charge < -0.3 is 61.4 Å². The van der Waals surface area contributed by atoms with Crippen molar-refractivity contribution >= 4 is 138 Å². The highest BCUT2D eigenvalue weighted by molar-refractivity contribution is 9.11. The minimum atomic E-state index is -0.426. The van der Waals surface area contributed by atoms with E-state index in [1.807, 2.05) is 149 Å². The van der Waals surface area contributed by atoms with Gasteiger partial charge in [0.15, 0.2) is 46.4 Å². The molecule has 8 aromatic carbocycles. The van der Waals surface area contributed by atoms with Crippen molar-refractivity contribution in [2.24, 2.45) is 23.7 Å². The molecule has 8 aliphatic rings. The van der Waals surface area contributed by atoms with Gasteiger partial charge in [0, 0.05) is 178 Å². The summed E-state index contributed by atoms with van der Waals surface area (Å²) in [4.78, 5) is 83.3. The summed E-state index contributed by atoms with van der Waals surface area (Å²) in [5.74, 6) is 2.37. The number of hydrogen-bond donors (Lipinski definition) is 0. The number of halogens is 8. The highest BCUT2D eigenvalue weighted by Gasteiger charge is 2.33. The summed E-state index contributed by atoms with van der Waals surface area (Å²) in [7, 11) is 4.31. The number of Topliss-reactive ketones (excluding diaryl/α,β-unsaturated/α-hetero) is 4. The number of ether oxygens (including phenoxy) is 6. The maximum absolute atomic E-state index is 16.1. The standard InChI is InChI=1S/C31H40BrFN4O2.C29H35BrFN3O3.C29H35BrFN3O2S.C29H35ClFN3O3/c1-21-14-24(32)9-8-23(21)15-27-26(29(38)19-39-18-22-6-7-22)16-28-31(30(27)33)34-20-37(28)12-5-4-11-36-13-10-25(17-36)35(2)3;1-20-14-23(30)7-6-22(20)15-25-24(27(35)18-37-17-21-4-5-21)16-26-29(28(25)31)32-19-34(26)9-3-2-8-33-10-12-36-13-11-33;1-20-14-23(30)7-6-22(20)15-25-24(27(35)18-36-17-21-4-5-21)16-26-29(28(25)31)32-19-34(26)9-3-2-8-33-10-12-37-13-11-33;1-20-14-23(30)7-6-22(20)15-25-24(27(35)18-37-17-21-4-5-21)16-26-29(28(25)31)32-19-34(26)9-3-2-8-33-10-12-36-13-11-33/h8-9,14,16,20,22,25H,4-7,10-13,15,17-19H2,1-3H3;3*6-7,14,16,19,21H,2-5,8-13,15,17-18H2,1H3. The Balaban J connectivity index is 0.000000136. The van der Waals surface area contributed by atoms with Crippen molar-refractivity contribution < 1.29 is 65.2 Å². The fourth-order valence-corrected chi connectivity index (χ4v) is 23.1. The lowest BCUT2D eigenvalue weighted by Gasteiger charge is -2.26. The smallest absolute Gasteiger partial charge is 0.188 e. The third-order valence-electron chi connectivity index (χ3n) is 30.6. The van der Waals surface area contributed by atoms with Gasteiger partial charge in [0.1, 0.15) is 48.5 Å². The Morgan fingerprint density at radius 1 is 0.367 bits per heavy atom. The van der Waals surface area contributed by atoms with Crippen molar-refractivity contribution in [3.05, 3.63) is 253 Å². The first-order valence-corrected chi connectivity index (χ1v) is 58.1. The molecule has 0 radical (unpaired) electrons. The molecule has 0 spiro atoms. The highest BCUT2D eigenvalue weighted by atomic mass is 79.9. The van der Waals surface area contributed by atoms with E-state index in [9.17, 15) is 19.2 Å².